The van der Waals surface area contributed by atoms with Gasteiger partial charge in [-0.3, -0.25) is 0 Å². The Morgan fingerprint density at radius 3 is 2.00 bits per heavy atom. The number of nitrogens with zero attached hydrogens (tertiary/aromatic N) is 1. The molecule has 0 bridgehead atoms. The van der Waals surface area contributed by atoms with Crippen molar-refractivity contribution in [3.63, 3.8) is 0 Å². The zero-order valence-electron chi connectivity index (χ0n) is 11.5. The molecule has 1 heteroatoms. The fourth-order valence-electron chi connectivity index (χ4n) is 1.95. The first kappa shape index (κ1) is 14.7. The number of allylic oxidation sites excluding steroid dienone is 1. The van der Waals surface area contributed by atoms with E-state index in [2.05, 4.69) is 53.1 Å². The lowest BCUT2D eigenvalue weighted by atomic mass is 9.86. The van der Waals surface area contributed by atoms with Gasteiger partial charge in [-0.25, -0.2) is 0 Å². The van der Waals surface area contributed by atoms with Crippen molar-refractivity contribution in [2.75, 3.05) is 7.05 Å². The first-order valence-electron chi connectivity index (χ1n) is 6.24. The summed E-state index contributed by atoms with van der Waals surface area (Å²) in [5, 5.41) is 0. The summed E-state index contributed by atoms with van der Waals surface area (Å²) in [4.78, 5) is 2.51. The maximum Gasteiger partial charge on any atom is 0.0126 e. The Bertz CT molecular complexity index is 158. The van der Waals surface area contributed by atoms with Crippen LogP contribution in [0.25, 0.3) is 0 Å². The largest absolute Gasteiger partial charge is 0.301 e. The molecule has 0 spiro atoms. The summed E-state index contributed by atoms with van der Waals surface area (Å²) < 4.78 is 0. The minimum atomic E-state index is 0.626. The molecule has 90 valence electrons. The maximum atomic E-state index is 3.82. The van der Waals surface area contributed by atoms with E-state index in [9.17, 15) is 0 Å². The van der Waals surface area contributed by atoms with Crippen LogP contribution in [0.5, 0.6) is 0 Å². The molecule has 0 amide bonds. The molecule has 0 aromatic rings. The summed E-state index contributed by atoms with van der Waals surface area (Å²) in [6.07, 6.45) is 4.39. The second-order valence-corrected chi connectivity index (χ2v) is 5.30. The molecule has 0 N–H and O–H groups in total. The van der Waals surface area contributed by atoms with Crippen molar-refractivity contribution >= 4 is 0 Å². The first-order chi connectivity index (χ1) is 6.91. The van der Waals surface area contributed by atoms with Crippen LogP contribution in [0.3, 0.4) is 0 Å². The molecule has 2 unspecified atom stereocenters. The highest BCUT2D eigenvalue weighted by Gasteiger charge is 2.24. The number of hydrogen-bond donors (Lipinski definition) is 0. The average Bonchev–Trinajstić information content (AvgIpc) is 2.17. The molecular weight excluding hydrogens is 182 g/mol. The molecule has 0 aliphatic rings. The van der Waals surface area contributed by atoms with Crippen LogP contribution in [-0.4, -0.2) is 24.0 Å². The van der Waals surface area contributed by atoms with Crippen molar-refractivity contribution in [1.29, 1.82) is 0 Å². The Balaban J connectivity index is 4.48. The molecule has 0 saturated heterocycles. The maximum absolute atomic E-state index is 3.82. The molecule has 0 aromatic heterocycles. The van der Waals surface area contributed by atoms with Crippen LogP contribution in [0.4, 0.5) is 0 Å². The molecule has 0 aliphatic heterocycles. The standard InChI is InChI=1S/C14H29N/c1-8-9-10-14(13(6)11(2)3)15(7)12(4)5/h8,11-14H,1,9-10H2,2-7H3. The Hall–Kier alpha value is -0.300. The van der Waals surface area contributed by atoms with Gasteiger partial charge in [-0.2, -0.15) is 0 Å². The van der Waals surface area contributed by atoms with Gasteiger partial charge in [-0.15, -0.1) is 6.58 Å². The molecule has 2 atom stereocenters. The van der Waals surface area contributed by atoms with E-state index in [1.165, 1.54) is 6.42 Å². The summed E-state index contributed by atoms with van der Waals surface area (Å²) >= 11 is 0. The normalized spacial score (nSPS) is 16.1. The van der Waals surface area contributed by atoms with Crippen molar-refractivity contribution in [3.05, 3.63) is 12.7 Å². The molecule has 0 radical (unpaired) electrons. The Kier molecular flexibility index (Phi) is 6.91. The smallest absolute Gasteiger partial charge is 0.0126 e. The summed E-state index contributed by atoms with van der Waals surface area (Å²) in [5.41, 5.74) is 0. The van der Waals surface area contributed by atoms with Crippen LogP contribution in [-0.2, 0) is 0 Å². The van der Waals surface area contributed by atoms with E-state index in [0.29, 0.717) is 12.1 Å². The molecular formula is C14H29N. The van der Waals surface area contributed by atoms with E-state index in [1.807, 2.05) is 6.08 Å². The fraction of sp³-hybridized carbons (Fsp3) is 0.857. The fourth-order valence-corrected chi connectivity index (χ4v) is 1.95. The lowest BCUT2D eigenvalue weighted by Crippen LogP contribution is -2.42. The Morgan fingerprint density at radius 1 is 1.13 bits per heavy atom. The van der Waals surface area contributed by atoms with Gasteiger partial charge < -0.3 is 4.90 Å². The van der Waals surface area contributed by atoms with Gasteiger partial charge in [0, 0.05) is 12.1 Å². The number of hydrogen-bond acceptors (Lipinski definition) is 1. The van der Waals surface area contributed by atoms with Crippen LogP contribution in [0.2, 0.25) is 0 Å². The first-order valence-corrected chi connectivity index (χ1v) is 6.24. The van der Waals surface area contributed by atoms with Crippen LogP contribution < -0.4 is 0 Å². The van der Waals surface area contributed by atoms with Gasteiger partial charge in [-0.05, 0) is 45.6 Å². The van der Waals surface area contributed by atoms with Crippen molar-refractivity contribution in [2.45, 2.75) is 59.5 Å². The van der Waals surface area contributed by atoms with Gasteiger partial charge >= 0.3 is 0 Å². The predicted molar refractivity (Wildman–Crippen MR) is 70.1 cm³/mol. The molecule has 0 fully saturated rings. The average molecular weight is 211 g/mol. The monoisotopic (exact) mass is 211 g/mol. The SMILES string of the molecule is C=CCCC(C(C)C(C)C)N(C)C(C)C. The van der Waals surface area contributed by atoms with Crippen molar-refractivity contribution < 1.29 is 0 Å². The van der Waals surface area contributed by atoms with Crippen molar-refractivity contribution in [1.82, 2.24) is 4.90 Å². The molecule has 0 rings (SSSR count). The van der Waals surface area contributed by atoms with Gasteiger partial charge in [0.15, 0.2) is 0 Å². The van der Waals surface area contributed by atoms with E-state index < -0.39 is 0 Å². The van der Waals surface area contributed by atoms with E-state index in [0.717, 1.165) is 18.3 Å². The van der Waals surface area contributed by atoms with E-state index in [4.69, 9.17) is 0 Å². The summed E-state index contributed by atoms with van der Waals surface area (Å²) in [6, 6.07) is 1.31. The van der Waals surface area contributed by atoms with Crippen molar-refractivity contribution in [2.24, 2.45) is 11.8 Å². The van der Waals surface area contributed by atoms with Gasteiger partial charge in [0.2, 0.25) is 0 Å². The van der Waals surface area contributed by atoms with Crippen molar-refractivity contribution in [3.8, 4) is 0 Å². The Labute approximate surface area is 96.6 Å². The highest BCUT2D eigenvalue weighted by atomic mass is 15.2. The minimum absolute atomic E-state index is 0.626. The summed E-state index contributed by atoms with van der Waals surface area (Å²) in [6.45, 7) is 15.4. The second kappa shape index (κ2) is 7.05. The van der Waals surface area contributed by atoms with Crippen LogP contribution in [0, 0.1) is 11.8 Å². The second-order valence-electron chi connectivity index (χ2n) is 5.30. The third-order valence-electron chi connectivity index (χ3n) is 3.66. The third kappa shape index (κ3) is 4.83. The topological polar surface area (TPSA) is 3.24 Å². The number of rotatable bonds is 7. The third-order valence-corrected chi connectivity index (χ3v) is 3.66. The highest BCUT2D eigenvalue weighted by molar-refractivity contribution is 4.81. The zero-order chi connectivity index (χ0) is 12.0. The van der Waals surface area contributed by atoms with Gasteiger partial charge in [0.25, 0.3) is 0 Å². The summed E-state index contributed by atoms with van der Waals surface area (Å²) in [7, 11) is 2.25. The predicted octanol–water partition coefficient (Wildman–Crippen LogP) is 3.95. The van der Waals surface area contributed by atoms with Gasteiger partial charge in [0.05, 0.1) is 0 Å². The lowest BCUT2D eigenvalue weighted by molar-refractivity contribution is 0.116. The minimum Gasteiger partial charge on any atom is -0.301 e. The molecule has 15 heavy (non-hydrogen) atoms. The molecule has 0 heterocycles. The van der Waals surface area contributed by atoms with Crippen LogP contribution >= 0.6 is 0 Å². The molecule has 0 aliphatic carbocycles. The summed E-state index contributed by atoms with van der Waals surface area (Å²) in [5.74, 6) is 1.50. The quantitative estimate of drug-likeness (QED) is 0.576. The van der Waals surface area contributed by atoms with Gasteiger partial charge in [0.1, 0.15) is 0 Å². The van der Waals surface area contributed by atoms with Crippen LogP contribution in [0.15, 0.2) is 12.7 Å². The lowest BCUT2D eigenvalue weighted by Gasteiger charge is -2.37. The van der Waals surface area contributed by atoms with E-state index >= 15 is 0 Å². The van der Waals surface area contributed by atoms with E-state index in [1.54, 1.807) is 0 Å². The van der Waals surface area contributed by atoms with Crippen LogP contribution in [0.1, 0.15) is 47.5 Å². The molecule has 0 aromatic carbocycles. The van der Waals surface area contributed by atoms with Gasteiger partial charge in [-0.1, -0.05) is 26.8 Å². The van der Waals surface area contributed by atoms with E-state index in [-0.39, 0.29) is 0 Å². The Morgan fingerprint density at radius 2 is 1.67 bits per heavy atom. The highest BCUT2D eigenvalue weighted by Crippen LogP contribution is 2.23. The molecule has 0 saturated carbocycles. The zero-order valence-corrected chi connectivity index (χ0v) is 11.5. The molecule has 1 nitrogen and oxygen atoms in total.